The van der Waals surface area contributed by atoms with Gasteiger partial charge in [-0.15, -0.1) is 0 Å². The van der Waals surface area contributed by atoms with E-state index in [0.29, 0.717) is 17.9 Å². The van der Waals surface area contributed by atoms with Gasteiger partial charge in [-0.2, -0.15) is 3.97 Å². The van der Waals surface area contributed by atoms with Gasteiger partial charge in [-0.3, -0.25) is 14.7 Å². The second kappa shape index (κ2) is 8.89. The molecule has 0 amide bonds. The Labute approximate surface area is 190 Å². The topological polar surface area (TPSA) is 123 Å². The first kappa shape index (κ1) is 22.8. The number of imidazole rings is 1. The van der Waals surface area contributed by atoms with Gasteiger partial charge in [-0.1, -0.05) is 19.3 Å². The first-order chi connectivity index (χ1) is 15.8. The highest BCUT2D eigenvalue weighted by Crippen LogP contribution is 2.34. The number of nitrogens with zero attached hydrogens (tertiary/aromatic N) is 3. The quantitative estimate of drug-likeness (QED) is 0.375. The van der Waals surface area contributed by atoms with Gasteiger partial charge in [-0.25, -0.2) is 13.2 Å². The van der Waals surface area contributed by atoms with E-state index in [9.17, 15) is 23.3 Å². The summed E-state index contributed by atoms with van der Waals surface area (Å²) in [6.07, 6.45) is 4.54. The molecular formula is C22H25N3O7S. The van der Waals surface area contributed by atoms with E-state index < -0.39 is 20.6 Å². The molecule has 2 aromatic carbocycles. The number of rotatable bonds is 7. The van der Waals surface area contributed by atoms with Gasteiger partial charge in [0.15, 0.2) is 0 Å². The van der Waals surface area contributed by atoms with E-state index in [0.717, 1.165) is 54.3 Å². The number of hydrogen-bond acceptors (Lipinski definition) is 7. The third-order valence-corrected chi connectivity index (χ3v) is 7.66. The van der Waals surface area contributed by atoms with Crippen molar-refractivity contribution in [2.24, 2.45) is 0 Å². The molecule has 4 rings (SSSR count). The maximum atomic E-state index is 13.7. The van der Waals surface area contributed by atoms with Crippen molar-refractivity contribution in [3.8, 4) is 11.5 Å². The van der Waals surface area contributed by atoms with Crippen LogP contribution in [-0.2, 0) is 10.0 Å². The summed E-state index contributed by atoms with van der Waals surface area (Å²) in [6.45, 7) is 2.27. The number of fused-ring (bicyclic) bond motifs is 1. The van der Waals surface area contributed by atoms with E-state index in [2.05, 4.69) is 0 Å². The van der Waals surface area contributed by atoms with Crippen molar-refractivity contribution in [3.05, 3.63) is 57.0 Å². The third kappa shape index (κ3) is 3.97. The molecule has 0 spiro atoms. The molecule has 1 aliphatic rings. The summed E-state index contributed by atoms with van der Waals surface area (Å²) in [4.78, 5) is 23.8. The van der Waals surface area contributed by atoms with Crippen LogP contribution in [0.25, 0.3) is 11.0 Å². The molecule has 10 nitrogen and oxygen atoms in total. The highest BCUT2D eigenvalue weighted by molar-refractivity contribution is 7.90. The number of ether oxygens (including phenoxy) is 2. The van der Waals surface area contributed by atoms with Crippen LogP contribution in [0.2, 0.25) is 0 Å². The molecule has 1 heterocycles. The molecule has 0 aliphatic heterocycles. The van der Waals surface area contributed by atoms with Crippen molar-refractivity contribution in [2.45, 2.75) is 50.0 Å². The zero-order valence-corrected chi connectivity index (χ0v) is 19.2. The van der Waals surface area contributed by atoms with Crippen LogP contribution >= 0.6 is 0 Å². The summed E-state index contributed by atoms with van der Waals surface area (Å²) in [5.74, 6) is 0.331. The van der Waals surface area contributed by atoms with Crippen LogP contribution in [-0.4, -0.2) is 35.6 Å². The van der Waals surface area contributed by atoms with E-state index in [4.69, 9.17) is 9.47 Å². The molecule has 1 aliphatic carbocycles. The largest absolute Gasteiger partial charge is 0.495 e. The molecule has 1 saturated carbocycles. The van der Waals surface area contributed by atoms with Crippen molar-refractivity contribution in [3.63, 3.8) is 0 Å². The molecule has 0 atom stereocenters. The molecule has 0 N–H and O–H groups in total. The zero-order chi connectivity index (χ0) is 23.8. The summed E-state index contributed by atoms with van der Waals surface area (Å²) in [7, 11) is -3.21. The molecule has 11 heteroatoms. The fourth-order valence-corrected chi connectivity index (χ4v) is 5.97. The fraction of sp³-hybridized carbons (Fsp3) is 0.409. The van der Waals surface area contributed by atoms with Crippen LogP contribution in [0, 0.1) is 10.1 Å². The summed E-state index contributed by atoms with van der Waals surface area (Å²) in [5, 5.41) is 11.1. The zero-order valence-electron chi connectivity index (χ0n) is 18.4. The first-order valence-electron chi connectivity index (χ1n) is 10.8. The maximum absolute atomic E-state index is 13.7. The Hall–Kier alpha value is -3.34. The summed E-state index contributed by atoms with van der Waals surface area (Å²) >= 11 is 0. The number of benzene rings is 2. The number of non-ortho nitro benzene ring substituents is 1. The average Bonchev–Trinajstić information content (AvgIpc) is 3.11. The maximum Gasteiger partial charge on any atom is 0.343 e. The lowest BCUT2D eigenvalue weighted by molar-refractivity contribution is -0.385. The van der Waals surface area contributed by atoms with Crippen molar-refractivity contribution < 1.29 is 22.8 Å². The van der Waals surface area contributed by atoms with Crippen LogP contribution < -0.4 is 15.2 Å². The van der Waals surface area contributed by atoms with Crippen LogP contribution in [0.3, 0.4) is 0 Å². The molecule has 0 unspecified atom stereocenters. The van der Waals surface area contributed by atoms with Gasteiger partial charge in [0.2, 0.25) is 0 Å². The highest BCUT2D eigenvalue weighted by atomic mass is 32.2. The summed E-state index contributed by atoms with van der Waals surface area (Å²) in [6, 6.07) is 7.94. The Morgan fingerprint density at radius 1 is 1.09 bits per heavy atom. The Bertz CT molecular complexity index is 1370. The highest BCUT2D eigenvalue weighted by Gasteiger charge is 2.31. The normalized spacial score (nSPS) is 15.0. The molecule has 3 aromatic rings. The minimum absolute atomic E-state index is 0.124. The lowest BCUT2D eigenvalue weighted by Gasteiger charge is -2.23. The molecule has 33 heavy (non-hydrogen) atoms. The Morgan fingerprint density at radius 3 is 2.45 bits per heavy atom. The molecular weight excluding hydrogens is 450 g/mol. The van der Waals surface area contributed by atoms with Crippen LogP contribution in [0.5, 0.6) is 11.5 Å². The van der Waals surface area contributed by atoms with E-state index >= 15 is 0 Å². The Balaban J connectivity index is 1.98. The predicted molar refractivity (Wildman–Crippen MR) is 122 cm³/mol. The smallest absolute Gasteiger partial charge is 0.343 e. The molecule has 176 valence electrons. The SMILES string of the molecule is CCOc1ccc2c(c1)n(C1CCCCC1)c(=O)n2S(=O)(=O)c1ccc([N+](=O)[O-])cc1OC. The van der Waals surface area contributed by atoms with Gasteiger partial charge in [0, 0.05) is 18.2 Å². The van der Waals surface area contributed by atoms with E-state index in [-0.39, 0.29) is 27.9 Å². The number of nitro benzene ring substituents is 1. The lowest BCUT2D eigenvalue weighted by atomic mass is 9.95. The minimum atomic E-state index is -4.43. The number of methoxy groups -OCH3 is 1. The monoisotopic (exact) mass is 475 g/mol. The average molecular weight is 476 g/mol. The van der Waals surface area contributed by atoms with Gasteiger partial charge in [0.25, 0.3) is 15.7 Å². The second-order valence-corrected chi connectivity index (χ2v) is 9.64. The molecule has 1 aromatic heterocycles. The molecule has 1 fully saturated rings. The number of hydrogen-bond donors (Lipinski definition) is 0. The number of aromatic nitrogens is 2. The van der Waals surface area contributed by atoms with Gasteiger partial charge in [0.1, 0.15) is 16.4 Å². The Morgan fingerprint density at radius 2 is 1.82 bits per heavy atom. The van der Waals surface area contributed by atoms with Crippen LogP contribution in [0.1, 0.15) is 45.1 Å². The van der Waals surface area contributed by atoms with Gasteiger partial charge in [0.05, 0.1) is 35.7 Å². The van der Waals surface area contributed by atoms with Crippen molar-refractivity contribution in [1.82, 2.24) is 8.54 Å². The van der Waals surface area contributed by atoms with Gasteiger partial charge >= 0.3 is 5.69 Å². The van der Waals surface area contributed by atoms with Gasteiger partial charge in [-0.05, 0) is 38.0 Å². The van der Waals surface area contributed by atoms with Crippen LogP contribution in [0.15, 0.2) is 46.1 Å². The van der Waals surface area contributed by atoms with Crippen molar-refractivity contribution >= 4 is 26.7 Å². The molecule has 0 bridgehead atoms. The van der Waals surface area contributed by atoms with E-state index in [1.54, 1.807) is 22.8 Å². The third-order valence-electron chi connectivity index (χ3n) is 5.93. The molecule has 0 radical (unpaired) electrons. The van der Waals surface area contributed by atoms with Gasteiger partial charge < -0.3 is 9.47 Å². The number of nitro groups is 1. The first-order valence-corrected chi connectivity index (χ1v) is 12.2. The van der Waals surface area contributed by atoms with E-state index in [1.165, 1.54) is 7.11 Å². The summed E-state index contributed by atoms with van der Waals surface area (Å²) < 4.78 is 40.5. The van der Waals surface area contributed by atoms with Crippen molar-refractivity contribution in [1.29, 1.82) is 0 Å². The van der Waals surface area contributed by atoms with Crippen molar-refractivity contribution in [2.75, 3.05) is 13.7 Å². The molecule has 0 saturated heterocycles. The fourth-order valence-electron chi connectivity index (χ4n) is 4.43. The van der Waals surface area contributed by atoms with Crippen LogP contribution in [0.4, 0.5) is 5.69 Å². The minimum Gasteiger partial charge on any atom is -0.495 e. The second-order valence-electron chi connectivity index (χ2n) is 7.89. The van der Waals surface area contributed by atoms with E-state index in [1.807, 2.05) is 6.92 Å². The summed E-state index contributed by atoms with van der Waals surface area (Å²) in [5.41, 5.74) is -0.299. The predicted octanol–water partition coefficient (Wildman–Crippen LogP) is 3.86. The standard InChI is InChI=1S/C22H25N3O7S/c1-3-32-17-10-11-18-19(14-17)23(15-7-5-4-6-8-15)22(26)24(18)33(29,30)21-12-9-16(25(27)28)13-20(21)31-2/h9-15H,3-8H2,1-2H3. The lowest BCUT2D eigenvalue weighted by Crippen LogP contribution is -2.32. The Kier molecular flexibility index (Phi) is 6.15.